The Kier molecular flexibility index (Phi) is 6.97. The van der Waals surface area contributed by atoms with Gasteiger partial charge < -0.3 is 13.7 Å². The average molecular weight is 472 g/mol. The Labute approximate surface area is 193 Å². The summed E-state index contributed by atoms with van der Waals surface area (Å²) in [5, 5.41) is -0.0214. The molecule has 0 unspecified atom stereocenters. The van der Waals surface area contributed by atoms with Crippen molar-refractivity contribution in [2.75, 3.05) is 6.61 Å². The van der Waals surface area contributed by atoms with E-state index in [1.807, 2.05) is 48.5 Å². The van der Waals surface area contributed by atoms with E-state index in [0.29, 0.717) is 11.0 Å². The highest BCUT2D eigenvalue weighted by molar-refractivity contribution is 6.74. The van der Waals surface area contributed by atoms with Crippen LogP contribution in [0, 0.1) is 6.92 Å². The van der Waals surface area contributed by atoms with Crippen LogP contribution in [0.5, 0.6) is 0 Å². The lowest BCUT2D eigenvalue weighted by Gasteiger charge is -2.39. The number of hydrogen-bond donors (Lipinski definition) is 0. The molecule has 0 aromatic heterocycles. The molecule has 1 heterocycles. The van der Waals surface area contributed by atoms with Crippen LogP contribution in [0.2, 0.25) is 18.1 Å². The Bertz CT molecular complexity index is 839. The van der Waals surface area contributed by atoms with E-state index in [1.165, 1.54) is 6.07 Å². The Hall–Kier alpha value is -0.828. The highest BCUT2D eigenvalue weighted by atomic mass is 28.4. The summed E-state index contributed by atoms with van der Waals surface area (Å²) in [6.45, 7) is 23.8. The van der Waals surface area contributed by atoms with Crippen molar-refractivity contribution in [1.29, 1.82) is 0 Å². The monoisotopic (exact) mass is 472 g/mol. The van der Waals surface area contributed by atoms with Gasteiger partial charge >= 0.3 is 13.3 Å². The van der Waals surface area contributed by atoms with E-state index in [1.54, 1.807) is 6.07 Å². The van der Waals surface area contributed by atoms with Gasteiger partial charge in [-0.2, -0.15) is 13.2 Å². The van der Waals surface area contributed by atoms with Crippen LogP contribution in [0.1, 0.15) is 79.0 Å². The van der Waals surface area contributed by atoms with Gasteiger partial charge in [-0.05, 0) is 69.8 Å². The van der Waals surface area contributed by atoms with E-state index in [4.69, 9.17) is 13.7 Å². The number of aryl methyl sites for hydroxylation is 1. The third-order valence-electron chi connectivity index (χ3n) is 7.55. The molecule has 1 fully saturated rings. The molecular weight excluding hydrogens is 432 g/mol. The molecule has 8 heteroatoms. The predicted octanol–water partition coefficient (Wildman–Crippen LogP) is 6.61. The van der Waals surface area contributed by atoms with Crippen LogP contribution in [0.3, 0.4) is 0 Å². The van der Waals surface area contributed by atoms with Crippen molar-refractivity contribution in [1.82, 2.24) is 0 Å². The molecule has 2 rings (SSSR count). The van der Waals surface area contributed by atoms with Gasteiger partial charge in [0.1, 0.15) is 0 Å². The second-order valence-electron chi connectivity index (χ2n) is 12.3. The summed E-state index contributed by atoms with van der Waals surface area (Å²) in [4.78, 5) is 0. The summed E-state index contributed by atoms with van der Waals surface area (Å²) < 4.78 is 61.1. The molecule has 0 radical (unpaired) electrons. The maximum atomic E-state index is 14.2. The fourth-order valence-electron chi connectivity index (χ4n) is 3.40. The molecule has 0 spiro atoms. The summed E-state index contributed by atoms with van der Waals surface area (Å²) in [5.41, 5.74) is -1.36. The third kappa shape index (κ3) is 5.29. The van der Waals surface area contributed by atoms with Gasteiger partial charge in [-0.25, -0.2) is 0 Å². The van der Waals surface area contributed by atoms with Gasteiger partial charge in [-0.3, -0.25) is 0 Å². The van der Waals surface area contributed by atoms with E-state index in [-0.39, 0.29) is 17.2 Å². The van der Waals surface area contributed by atoms with E-state index >= 15 is 0 Å². The van der Waals surface area contributed by atoms with Gasteiger partial charge in [0.2, 0.25) is 0 Å². The van der Waals surface area contributed by atoms with Crippen LogP contribution >= 0.6 is 0 Å². The second-order valence-corrected chi connectivity index (χ2v) is 17.1. The van der Waals surface area contributed by atoms with Crippen LogP contribution in [-0.2, 0) is 25.3 Å². The molecule has 1 aromatic rings. The van der Waals surface area contributed by atoms with Gasteiger partial charge in [0.15, 0.2) is 8.32 Å². The van der Waals surface area contributed by atoms with Crippen LogP contribution in [0.4, 0.5) is 13.2 Å². The first kappa shape index (κ1) is 27.4. The van der Waals surface area contributed by atoms with Gasteiger partial charge in [-0.1, -0.05) is 46.2 Å². The largest absolute Gasteiger partial charge is 0.495 e. The van der Waals surface area contributed by atoms with Gasteiger partial charge in [-0.15, -0.1) is 0 Å². The molecule has 0 amide bonds. The fourth-order valence-corrected chi connectivity index (χ4v) is 4.55. The molecule has 1 aliphatic rings. The standard InChI is InChI=1S/C24H40BF3O3Si/c1-16-13-17(21(5,6)15-29-32(11,12)20(2,3)4)18(24(26,27)28)14-19(16)25-30-22(7,8)23(9,10)31-25/h13-14H,15H2,1-12H3. The zero-order valence-corrected chi connectivity index (χ0v) is 22.8. The minimum Gasteiger partial charge on any atom is -0.416 e. The highest BCUT2D eigenvalue weighted by Gasteiger charge is 2.53. The molecule has 32 heavy (non-hydrogen) atoms. The van der Waals surface area contributed by atoms with Crippen molar-refractivity contribution in [2.45, 2.75) is 110 Å². The van der Waals surface area contributed by atoms with Crippen LogP contribution in [0.25, 0.3) is 0 Å². The van der Waals surface area contributed by atoms with Gasteiger partial charge in [0.25, 0.3) is 0 Å². The smallest absolute Gasteiger partial charge is 0.416 e. The topological polar surface area (TPSA) is 27.7 Å². The molecular formula is C24H40BF3O3Si. The molecule has 0 atom stereocenters. The number of alkyl halides is 3. The molecule has 1 aliphatic heterocycles. The van der Waals surface area contributed by atoms with Crippen molar-refractivity contribution in [3.8, 4) is 0 Å². The summed E-state index contributed by atoms with van der Waals surface area (Å²) in [6, 6.07) is 2.85. The summed E-state index contributed by atoms with van der Waals surface area (Å²) >= 11 is 0. The molecule has 182 valence electrons. The third-order valence-corrected chi connectivity index (χ3v) is 12.0. The quantitative estimate of drug-likeness (QED) is 0.451. The first-order chi connectivity index (χ1) is 14.0. The number of rotatable bonds is 5. The number of hydrogen-bond acceptors (Lipinski definition) is 3. The molecule has 0 aliphatic carbocycles. The molecule has 0 saturated carbocycles. The van der Waals surface area contributed by atoms with Crippen LogP contribution < -0.4 is 5.46 Å². The Morgan fingerprint density at radius 2 is 1.38 bits per heavy atom. The Morgan fingerprint density at radius 3 is 1.78 bits per heavy atom. The van der Waals surface area contributed by atoms with Gasteiger partial charge in [0, 0.05) is 12.0 Å². The van der Waals surface area contributed by atoms with E-state index in [0.717, 1.165) is 0 Å². The number of halogens is 3. The molecule has 1 aromatic carbocycles. The minimum atomic E-state index is -4.50. The lowest BCUT2D eigenvalue weighted by Crippen LogP contribution is -2.44. The SMILES string of the molecule is Cc1cc(C(C)(C)CO[Si](C)(C)C(C)(C)C)c(C(F)(F)F)cc1B1OC(C)(C)C(C)(C)O1. The van der Waals surface area contributed by atoms with Crippen molar-refractivity contribution in [3.63, 3.8) is 0 Å². The van der Waals surface area contributed by atoms with E-state index < -0.39 is 43.8 Å². The first-order valence-electron chi connectivity index (χ1n) is 11.2. The van der Waals surface area contributed by atoms with Gasteiger partial charge in [0.05, 0.1) is 16.8 Å². The Morgan fingerprint density at radius 1 is 0.906 bits per heavy atom. The lowest BCUT2D eigenvalue weighted by molar-refractivity contribution is -0.138. The maximum Gasteiger partial charge on any atom is 0.495 e. The zero-order chi connectivity index (χ0) is 25.1. The summed E-state index contributed by atoms with van der Waals surface area (Å²) in [6.07, 6.45) is -4.50. The average Bonchev–Trinajstić information content (AvgIpc) is 2.78. The fraction of sp³-hybridized carbons (Fsp3) is 0.750. The van der Waals surface area contributed by atoms with Crippen molar-refractivity contribution in [2.24, 2.45) is 0 Å². The van der Waals surface area contributed by atoms with Crippen LogP contribution in [-0.4, -0.2) is 33.2 Å². The minimum absolute atomic E-state index is 0.0214. The summed E-state index contributed by atoms with van der Waals surface area (Å²) in [7, 11) is -2.96. The molecule has 3 nitrogen and oxygen atoms in total. The first-order valence-corrected chi connectivity index (χ1v) is 14.1. The van der Waals surface area contributed by atoms with E-state index in [2.05, 4.69) is 33.9 Å². The number of benzene rings is 1. The molecule has 1 saturated heterocycles. The normalized spacial score (nSPS) is 19.5. The zero-order valence-electron chi connectivity index (χ0n) is 21.8. The predicted molar refractivity (Wildman–Crippen MR) is 128 cm³/mol. The van der Waals surface area contributed by atoms with Crippen molar-refractivity contribution < 1.29 is 26.9 Å². The second kappa shape index (κ2) is 8.14. The maximum absolute atomic E-state index is 14.2. The van der Waals surface area contributed by atoms with Crippen LogP contribution in [0.15, 0.2) is 12.1 Å². The van der Waals surface area contributed by atoms with E-state index in [9.17, 15) is 13.2 Å². The van der Waals surface area contributed by atoms with Crippen molar-refractivity contribution >= 4 is 20.9 Å². The summed E-state index contributed by atoms with van der Waals surface area (Å²) in [5.74, 6) is 0. The molecule has 0 bridgehead atoms. The lowest BCUT2D eigenvalue weighted by atomic mass is 9.72. The Balaban J connectivity index is 2.50. The highest BCUT2D eigenvalue weighted by Crippen LogP contribution is 2.42. The molecule has 0 N–H and O–H groups in total. The van der Waals surface area contributed by atoms with Crippen molar-refractivity contribution in [3.05, 3.63) is 28.8 Å².